The van der Waals surface area contributed by atoms with Crippen molar-refractivity contribution in [1.29, 1.82) is 0 Å². The van der Waals surface area contributed by atoms with E-state index in [4.69, 9.17) is 0 Å². The van der Waals surface area contributed by atoms with Crippen LogP contribution < -0.4 is 0 Å². The lowest BCUT2D eigenvalue weighted by molar-refractivity contribution is -0.230. The van der Waals surface area contributed by atoms with Crippen molar-refractivity contribution in [3.63, 3.8) is 0 Å². The minimum Gasteiger partial charge on any atom is -0.208 e. The molecule has 2 fully saturated rings. The van der Waals surface area contributed by atoms with E-state index in [2.05, 4.69) is 44.8 Å². The Balaban J connectivity index is 1.69. The minimum atomic E-state index is 1.18. The molecule has 0 radical (unpaired) electrons. The lowest BCUT2D eigenvalue weighted by Crippen LogP contribution is -2.57. The molecule has 4 nitrogen and oxygen atoms in total. The first-order chi connectivity index (χ1) is 8.95. The summed E-state index contributed by atoms with van der Waals surface area (Å²) < 4.78 is 0. The van der Waals surface area contributed by atoms with E-state index in [1.807, 2.05) is 0 Å². The summed E-state index contributed by atoms with van der Waals surface area (Å²) in [5, 5.41) is 9.56. The van der Waals surface area contributed by atoms with Crippen molar-refractivity contribution in [2.24, 2.45) is 0 Å². The summed E-state index contributed by atoms with van der Waals surface area (Å²) in [6.45, 7) is 4.73. The van der Waals surface area contributed by atoms with Crippen LogP contribution in [0.3, 0.4) is 0 Å². The van der Waals surface area contributed by atoms with Gasteiger partial charge in [-0.2, -0.15) is 0 Å². The van der Waals surface area contributed by atoms with Gasteiger partial charge in [0.05, 0.1) is 0 Å². The molecule has 0 saturated carbocycles. The summed E-state index contributed by atoms with van der Waals surface area (Å²) in [4.78, 5) is 0. The Kier molecular flexibility index (Phi) is 3.86. The van der Waals surface area contributed by atoms with Crippen LogP contribution in [0.4, 0.5) is 0 Å². The van der Waals surface area contributed by atoms with Gasteiger partial charge >= 0.3 is 0 Å². The molecule has 100 valence electrons. The maximum absolute atomic E-state index is 2.47. The van der Waals surface area contributed by atoms with Crippen LogP contribution >= 0.6 is 0 Å². The first-order valence-corrected chi connectivity index (χ1v) is 7.38. The van der Waals surface area contributed by atoms with Crippen molar-refractivity contribution in [3.05, 3.63) is 24.6 Å². The van der Waals surface area contributed by atoms with Crippen LogP contribution in [-0.2, 0) is 0 Å². The fraction of sp³-hybridized carbons (Fsp3) is 0.714. The molecule has 0 aromatic heterocycles. The van der Waals surface area contributed by atoms with Crippen LogP contribution in [0.25, 0.3) is 0 Å². The average molecular weight is 248 g/mol. The summed E-state index contributed by atoms with van der Waals surface area (Å²) in [6.07, 6.45) is 16.7. The molecule has 3 rings (SSSR count). The van der Waals surface area contributed by atoms with Gasteiger partial charge in [-0.3, -0.25) is 0 Å². The number of hydrazine groups is 3. The van der Waals surface area contributed by atoms with Crippen molar-refractivity contribution in [2.45, 2.75) is 38.5 Å². The van der Waals surface area contributed by atoms with Gasteiger partial charge in [0.15, 0.2) is 0 Å². The van der Waals surface area contributed by atoms with Crippen molar-refractivity contribution in [1.82, 2.24) is 20.3 Å². The molecular weight excluding hydrogens is 224 g/mol. The van der Waals surface area contributed by atoms with E-state index in [1.165, 1.54) is 64.7 Å². The topological polar surface area (TPSA) is 13.0 Å². The molecule has 0 atom stereocenters. The van der Waals surface area contributed by atoms with Crippen molar-refractivity contribution < 1.29 is 0 Å². The van der Waals surface area contributed by atoms with Crippen molar-refractivity contribution >= 4 is 0 Å². The number of hydrogen-bond acceptors (Lipinski definition) is 4. The summed E-state index contributed by atoms with van der Waals surface area (Å²) in [5.41, 5.74) is 0. The highest BCUT2D eigenvalue weighted by atomic mass is 16.0. The molecule has 0 aromatic rings. The van der Waals surface area contributed by atoms with Gasteiger partial charge in [0.25, 0.3) is 0 Å². The molecule has 0 aromatic carbocycles. The molecule has 0 N–H and O–H groups in total. The van der Waals surface area contributed by atoms with Crippen LogP contribution in [0, 0.1) is 0 Å². The van der Waals surface area contributed by atoms with Crippen molar-refractivity contribution in [2.75, 3.05) is 26.2 Å². The third-order valence-corrected chi connectivity index (χ3v) is 4.00. The second-order valence-electron chi connectivity index (χ2n) is 5.35. The Bertz CT molecular complexity index is 282. The normalized spacial score (nSPS) is 26.9. The van der Waals surface area contributed by atoms with E-state index in [-0.39, 0.29) is 0 Å². The van der Waals surface area contributed by atoms with E-state index >= 15 is 0 Å². The van der Waals surface area contributed by atoms with Crippen molar-refractivity contribution in [3.8, 4) is 0 Å². The molecule has 3 aliphatic heterocycles. The summed E-state index contributed by atoms with van der Waals surface area (Å²) >= 11 is 0. The van der Waals surface area contributed by atoms with Crippen LogP contribution in [0.1, 0.15) is 38.5 Å². The predicted octanol–water partition coefficient (Wildman–Crippen LogP) is 2.35. The highest BCUT2D eigenvalue weighted by Crippen LogP contribution is 2.21. The van der Waals surface area contributed by atoms with E-state index in [9.17, 15) is 0 Å². The zero-order valence-corrected chi connectivity index (χ0v) is 11.2. The Morgan fingerprint density at radius 2 is 0.889 bits per heavy atom. The van der Waals surface area contributed by atoms with Gasteiger partial charge < -0.3 is 0 Å². The standard InChI is InChI=1S/C14H24N4/c1-3-9-15(10-4-1)17-13-7-8-14-18(17)16-11-5-2-6-12-16/h7-8,13-14H,1-6,9-12H2. The van der Waals surface area contributed by atoms with Crippen LogP contribution in [-0.4, -0.2) is 46.4 Å². The zero-order valence-electron chi connectivity index (χ0n) is 11.2. The van der Waals surface area contributed by atoms with Gasteiger partial charge in [0.1, 0.15) is 0 Å². The van der Waals surface area contributed by atoms with Crippen LogP contribution in [0.2, 0.25) is 0 Å². The van der Waals surface area contributed by atoms with Gasteiger partial charge in [-0.15, -0.1) is 0 Å². The molecule has 18 heavy (non-hydrogen) atoms. The van der Waals surface area contributed by atoms with Crippen LogP contribution in [0.15, 0.2) is 24.6 Å². The number of rotatable bonds is 2. The highest BCUT2D eigenvalue weighted by Gasteiger charge is 2.25. The molecule has 0 unspecified atom stereocenters. The second kappa shape index (κ2) is 5.76. The average Bonchev–Trinajstić information content (AvgIpc) is 2.49. The van der Waals surface area contributed by atoms with Gasteiger partial charge in [-0.05, 0) is 37.8 Å². The minimum absolute atomic E-state index is 1.18. The summed E-state index contributed by atoms with van der Waals surface area (Å²) in [7, 11) is 0. The zero-order chi connectivity index (χ0) is 12.2. The monoisotopic (exact) mass is 248 g/mol. The van der Waals surface area contributed by atoms with Gasteiger partial charge in [-0.1, -0.05) is 12.8 Å². The number of allylic oxidation sites excluding steroid dienone is 2. The fourth-order valence-electron chi connectivity index (χ4n) is 3.00. The largest absolute Gasteiger partial charge is 0.208 e. The number of hydrogen-bond donors (Lipinski definition) is 0. The molecule has 3 heterocycles. The first-order valence-electron chi connectivity index (χ1n) is 7.38. The molecule has 0 aliphatic carbocycles. The third kappa shape index (κ3) is 2.54. The highest BCUT2D eigenvalue weighted by molar-refractivity contribution is 5.05. The second-order valence-corrected chi connectivity index (χ2v) is 5.35. The molecule has 0 amide bonds. The molecule has 3 aliphatic rings. The molecule has 2 saturated heterocycles. The Morgan fingerprint density at radius 1 is 0.500 bits per heavy atom. The molecule has 4 heteroatoms. The lowest BCUT2D eigenvalue weighted by Gasteiger charge is -2.48. The SMILES string of the molecule is C1=CN(N2CCCCC2)N(N2CCCCC2)C=C1. The fourth-order valence-corrected chi connectivity index (χ4v) is 3.00. The smallest absolute Gasteiger partial charge is 0.0415 e. The predicted molar refractivity (Wildman–Crippen MR) is 72.8 cm³/mol. The Hall–Kier alpha value is -1.00. The third-order valence-electron chi connectivity index (χ3n) is 4.00. The number of nitrogens with zero attached hydrogens (tertiary/aromatic N) is 4. The van der Waals surface area contributed by atoms with Crippen LogP contribution in [0.5, 0.6) is 0 Å². The van der Waals surface area contributed by atoms with E-state index < -0.39 is 0 Å². The summed E-state index contributed by atoms with van der Waals surface area (Å²) in [5.74, 6) is 0. The lowest BCUT2D eigenvalue weighted by atomic mass is 10.2. The van der Waals surface area contributed by atoms with E-state index in [0.717, 1.165) is 0 Å². The van der Waals surface area contributed by atoms with Gasteiger partial charge in [0, 0.05) is 38.6 Å². The summed E-state index contributed by atoms with van der Waals surface area (Å²) in [6, 6.07) is 0. The van der Waals surface area contributed by atoms with E-state index in [0.29, 0.717) is 0 Å². The molecule has 0 spiro atoms. The van der Waals surface area contributed by atoms with Gasteiger partial charge in [-0.25, -0.2) is 20.3 Å². The maximum atomic E-state index is 2.47. The molecular formula is C14H24N4. The first kappa shape index (κ1) is 12.1. The van der Waals surface area contributed by atoms with E-state index in [1.54, 1.807) is 0 Å². The van der Waals surface area contributed by atoms with Gasteiger partial charge in [0.2, 0.25) is 0 Å². The Labute approximate surface area is 110 Å². The quantitative estimate of drug-likeness (QED) is 0.743. The number of piperidine rings is 2. The Morgan fingerprint density at radius 3 is 1.28 bits per heavy atom. The maximum Gasteiger partial charge on any atom is 0.0415 e. The molecule has 0 bridgehead atoms.